The van der Waals surface area contributed by atoms with Crippen LogP contribution in [-0.4, -0.2) is 27.3 Å². The van der Waals surface area contributed by atoms with E-state index in [4.69, 9.17) is 8.94 Å². The minimum absolute atomic E-state index is 0.426. The van der Waals surface area contributed by atoms with Crippen LogP contribution in [0.1, 0.15) is 16.5 Å². The molecule has 0 aliphatic carbocycles. The molecule has 0 saturated carbocycles. The first-order valence-electron chi connectivity index (χ1n) is 8.37. The summed E-state index contributed by atoms with van der Waals surface area (Å²) in [5.74, 6) is 1.64. The Morgan fingerprint density at radius 1 is 1.07 bits per heavy atom. The SMILES string of the molecule is Cc1onc(-c2ccccc2)c1-c1nnc(CN(C)Cc2ccc(Br)s2)o1. The van der Waals surface area contributed by atoms with Gasteiger partial charge in [-0.1, -0.05) is 35.5 Å². The molecule has 0 aliphatic heterocycles. The lowest BCUT2D eigenvalue weighted by atomic mass is 10.1. The maximum absolute atomic E-state index is 5.91. The van der Waals surface area contributed by atoms with Gasteiger partial charge in [0.2, 0.25) is 5.89 Å². The maximum Gasteiger partial charge on any atom is 0.253 e. The van der Waals surface area contributed by atoms with Crippen LogP contribution in [0.2, 0.25) is 0 Å². The van der Waals surface area contributed by atoms with E-state index in [9.17, 15) is 0 Å². The summed E-state index contributed by atoms with van der Waals surface area (Å²) in [4.78, 5) is 3.40. The number of hydrogen-bond acceptors (Lipinski definition) is 7. The number of hydrogen-bond donors (Lipinski definition) is 0. The average Bonchev–Trinajstić information content (AvgIpc) is 3.36. The molecule has 27 heavy (non-hydrogen) atoms. The Morgan fingerprint density at radius 3 is 2.63 bits per heavy atom. The van der Waals surface area contributed by atoms with Gasteiger partial charge >= 0.3 is 0 Å². The zero-order chi connectivity index (χ0) is 18.8. The number of aryl methyl sites for hydroxylation is 1. The molecule has 8 heteroatoms. The van der Waals surface area contributed by atoms with Crippen molar-refractivity contribution in [2.45, 2.75) is 20.0 Å². The molecule has 0 saturated heterocycles. The summed E-state index contributed by atoms with van der Waals surface area (Å²) in [6.45, 7) is 3.22. The van der Waals surface area contributed by atoms with Crippen LogP contribution in [0.25, 0.3) is 22.7 Å². The zero-order valence-corrected chi connectivity index (χ0v) is 17.2. The molecule has 0 aliphatic rings. The number of halogens is 1. The summed E-state index contributed by atoms with van der Waals surface area (Å²) >= 11 is 5.21. The van der Waals surface area contributed by atoms with Crippen LogP contribution < -0.4 is 0 Å². The third kappa shape index (κ3) is 4.02. The highest BCUT2D eigenvalue weighted by Gasteiger charge is 2.22. The second kappa shape index (κ2) is 7.75. The van der Waals surface area contributed by atoms with E-state index >= 15 is 0 Å². The van der Waals surface area contributed by atoms with Crippen molar-refractivity contribution in [1.29, 1.82) is 0 Å². The molecule has 0 spiro atoms. The molecular weight excluding hydrogens is 428 g/mol. The largest absolute Gasteiger partial charge is 0.419 e. The van der Waals surface area contributed by atoms with Gasteiger partial charge in [-0.15, -0.1) is 21.5 Å². The van der Waals surface area contributed by atoms with E-state index in [-0.39, 0.29) is 0 Å². The quantitative estimate of drug-likeness (QED) is 0.409. The molecule has 6 nitrogen and oxygen atoms in total. The predicted octanol–water partition coefficient (Wildman–Crippen LogP) is 5.16. The van der Waals surface area contributed by atoms with Gasteiger partial charge in [0, 0.05) is 17.0 Å². The van der Waals surface area contributed by atoms with Gasteiger partial charge in [-0.2, -0.15) is 0 Å². The summed E-state index contributed by atoms with van der Waals surface area (Å²) in [6, 6.07) is 14.0. The van der Waals surface area contributed by atoms with Gasteiger partial charge in [0.25, 0.3) is 5.89 Å². The number of thiophene rings is 1. The van der Waals surface area contributed by atoms with E-state index in [0.29, 0.717) is 29.8 Å². The number of rotatable bonds is 6. The summed E-state index contributed by atoms with van der Waals surface area (Å²) in [5, 5.41) is 12.6. The summed E-state index contributed by atoms with van der Waals surface area (Å²) < 4.78 is 12.4. The molecule has 0 radical (unpaired) electrons. The third-order valence-electron chi connectivity index (χ3n) is 4.05. The van der Waals surface area contributed by atoms with Crippen LogP contribution >= 0.6 is 27.3 Å². The van der Waals surface area contributed by atoms with Crippen LogP contribution in [0.3, 0.4) is 0 Å². The van der Waals surface area contributed by atoms with E-state index < -0.39 is 0 Å². The van der Waals surface area contributed by atoms with E-state index in [1.165, 1.54) is 4.88 Å². The normalized spacial score (nSPS) is 11.4. The fourth-order valence-corrected chi connectivity index (χ4v) is 4.39. The van der Waals surface area contributed by atoms with Crippen LogP contribution in [0.5, 0.6) is 0 Å². The molecular formula is C19H17BrN4O2S. The molecule has 0 fully saturated rings. The summed E-state index contributed by atoms with van der Waals surface area (Å²) in [7, 11) is 2.03. The van der Waals surface area contributed by atoms with Crippen molar-refractivity contribution < 1.29 is 8.94 Å². The first kappa shape index (κ1) is 18.1. The zero-order valence-electron chi connectivity index (χ0n) is 14.8. The second-order valence-electron chi connectivity index (χ2n) is 6.21. The van der Waals surface area contributed by atoms with Gasteiger partial charge in [0.05, 0.1) is 10.3 Å². The molecule has 0 atom stereocenters. The van der Waals surface area contributed by atoms with Crippen molar-refractivity contribution in [3.8, 4) is 22.7 Å². The van der Waals surface area contributed by atoms with Crippen molar-refractivity contribution in [1.82, 2.24) is 20.3 Å². The van der Waals surface area contributed by atoms with Crippen LogP contribution in [0.15, 0.2) is 55.2 Å². The average molecular weight is 445 g/mol. The fourth-order valence-electron chi connectivity index (χ4n) is 2.83. The van der Waals surface area contributed by atoms with Gasteiger partial charge in [-0.3, -0.25) is 4.90 Å². The summed E-state index contributed by atoms with van der Waals surface area (Å²) in [6.07, 6.45) is 0. The molecule has 3 aromatic heterocycles. The predicted molar refractivity (Wildman–Crippen MR) is 107 cm³/mol. The Morgan fingerprint density at radius 2 is 1.89 bits per heavy atom. The number of benzene rings is 1. The molecule has 1 aromatic carbocycles. The highest BCUT2D eigenvalue weighted by molar-refractivity contribution is 9.11. The molecule has 4 rings (SSSR count). The van der Waals surface area contributed by atoms with Gasteiger partial charge in [0.15, 0.2) is 0 Å². The van der Waals surface area contributed by atoms with Crippen molar-refractivity contribution in [2.24, 2.45) is 0 Å². The second-order valence-corrected chi connectivity index (χ2v) is 8.76. The van der Waals surface area contributed by atoms with Crippen LogP contribution in [-0.2, 0) is 13.1 Å². The maximum atomic E-state index is 5.91. The van der Waals surface area contributed by atoms with Gasteiger partial charge in [0.1, 0.15) is 17.0 Å². The number of nitrogens with zero attached hydrogens (tertiary/aromatic N) is 4. The molecule has 0 bridgehead atoms. The Bertz CT molecular complexity index is 1040. The van der Waals surface area contributed by atoms with Crippen molar-refractivity contribution >= 4 is 27.3 Å². The monoisotopic (exact) mass is 444 g/mol. The molecule has 4 aromatic rings. The van der Waals surface area contributed by atoms with Gasteiger partial charge < -0.3 is 8.94 Å². The van der Waals surface area contributed by atoms with Crippen molar-refractivity contribution in [2.75, 3.05) is 7.05 Å². The highest BCUT2D eigenvalue weighted by atomic mass is 79.9. The van der Waals surface area contributed by atoms with Crippen LogP contribution in [0, 0.1) is 6.92 Å². The lowest BCUT2D eigenvalue weighted by molar-refractivity contribution is 0.285. The molecule has 0 amide bonds. The summed E-state index contributed by atoms with van der Waals surface area (Å²) in [5.41, 5.74) is 2.40. The van der Waals surface area contributed by atoms with E-state index in [0.717, 1.165) is 21.5 Å². The third-order valence-corrected chi connectivity index (χ3v) is 5.66. The molecule has 3 heterocycles. The van der Waals surface area contributed by atoms with E-state index in [1.807, 2.05) is 44.3 Å². The molecule has 0 unspecified atom stereocenters. The lowest BCUT2D eigenvalue weighted by Crippen LogP contribution is -2.16. The fraction of sp³-hybridized carbons (Fsp3) is 0.211. The standard InChI is InChI=1S/C19H17BrN4O2S/c1-12-17(18(23-26-12)13-6-4-3-5-7-13)19-22-21-16(25-19)11-24(2)10-14-8-9-15(20)27-14/h3-9H,10-11H2,1-2H3. The lowest BCUT2D eigenvalue weighted by Gasteiger charge is -2.12. The van der Waals surface area contributed by atoms with Crippen LogP contribution in [0.4, 0.5) is 0 Å². The first-order chi connectivity index (χ1) is 13.1. The van der Waals surface area contributed by atoms with E-state index in [2.05, 4.69) is 48.3 Å². The van der Waals surface area contributed by atoms with Crippen molar-refractivity contribution in [3.05, 3.63) is 62.8 Å². The minimum Gasteiger partial charge on any atom is -0.419 e. The molecule has 138 valence electrons. The van der Waals surface area contributed by atoms with E-state index in [1.54, 1.807) is 11.3 Å². The van der Waals surface area contributed by atoms with Gasteiger partial charge in [-0.25, -0.2) is 0 Å². The topological polar surface area (TPSA) is 68.2 Å². The Balaban J connectivity index is 1.54. The highest BCUT2D eigenvalue weighted by Crippen LogP contribution is 2.33. The van der Waals surface area contributed by atoms with Gasteiger partial charge in [-0.05, 0) is 42.0 Å². The van der Waals surface area contributed by atoms with Crippen molar-refractivity contribution in [3.63, 3.8) is 0 Å². The Hall–Kier alpha value is -2.29. The molecule has 0 N–H and O–H groups in total. The Labute approximate surface area is 168 Å². The number of aromatic nitrogens is 3. The first-order valence-corrected chi connectivity index (χ1v) is 9.98. The Kier molecular flexibility index (Phi) is 5.20. The minimum atomic E-state index is 0.426. The smallest absolute Gasteiger partial charge is 0.253 e.